The van der Waals surface area contributed by atoms with Gasteiger partial charge in [0.15, 0.2) is 6.29 Å². The number of methoxy groups -OCH3 is 1. The van der Waals surface area contributed by atoms with Crippen molar-refractivity contribution in [2.45, 2.75) is 0 Å². The lowest BCUT2D eigenvalue weighted by Crippen LogP contribution is -2.02. The number of halogens is 1. The molecule has 1 N–H and O–H groups in total. The molecule has 5 heteroatoms. The van der Waals surface area contributed by atoms with E-state index in [2.05, 4.69) is 4.74 Å². The highest BCUT2D eigenvalue weighted by Gasteiger charge is 2.16. The summed E-state index contributed by atoms with van der Waals surface area (Å²) in [5, 5.41) is 9.17. The molecule has 0 aliphatic heterocycles. The Kier molecular flexibility index (Phi) is 3.09. The lowest BCUT2D eigenvalue weighted by atomic mass is 10.1. The number of rotatable bonds is 2. The van der Waals surface area contributed by atoms with Gasteiger partial charge in [0, 0.05) is 0 Å². The van der Waals surface area contributed by atoms with Gasteiger partial charge in [-0.05, 0) is 12.1 Å². The Hall–Kier alpha value is -1.55. The highest BCUT2D eigenvalue weighted by atomic mass is 35.5. The molecule has 1 aromatic rings. The normalized spacial score (nSPS) is 9.57. The van der Waals surface area contributed by atoms with Gasteiger partial charge >= 0.3 is 5.97 Å². The summed E-state index contributed by atoms with van der Waals surface area (Å²) in [5.41, 5.74) is 0.0555. The lowest BCUT2D eigenvalue weighted by molar-refractivity contribution is 0.0600. The Balaban J connectivity index is 3.30. The maximum atomic E-state index is 11.1. The van der Waals surface area contributed by atoms with Crippen LogP contribution >= 0.6 is 11.6 Å². The highest BCUT2D eigenvalue weighted by molar-refractivity contribution is 6.35. The Morgan fingerprint density at radius 1 is 1.57 bits per heavy atom. The first-order valence-electron chi connectivity index (χ1n) is 3.66. The molecule has 14 heavy (non-hydrogen) atoms. The minimum atomic E-state index is -0.664. The summed E-state index contributed by atoms with van der Waals surface area (Å²) in [6.45, 7) is 0. The average molecular weight is 215 g/mol. The van der Waals surface area contributed by atoms with Gasteiger partial charge in [-0.25, -0.2) is 4.79 Å². The standard InChI is InChI=1S/C9H7ClO4/c1-14-9(13)6-3-2-5(4-11)8(12)7(6)10/h2-4,12H,1H3. The molecular formula is C9H7ClO4. The minimum Gasteiger partial charge on any atom is -0.506 e. The SMILES string of the molecule is COC(=O)c1ccc(C=O)c(O)c1Cl. The van der Waals surface area contributed by atoms with Gasteiger partial charge in [0.1, 0.15) is 5.75 Å². The number of benzene rings is 1. The van der Waals surface area contributed by atoms with Gasteiger partial charge in [-0.1, -0.05) is 11.6 Å². The zero-order chi connectivity index (χ0) is 10.7. The molecule has 0 atom stereocenters. The van der Waals surface area contributed by atoms with Crippen LogP contribution in [0.4, 0.5) is 0 Å². The third-order valence-electron chi connectivity index (χ3n) is 1.68. The second kappa shape index (κ2) is 4.11. The number of aldehydes is 1. The van der Waals surface area contributed by atoms with Crippen LogP contribution in [-0.4, -0.2) is 24.5 Å². The third kappa shape index (κ3) is 1.70. The Morgan fingerprint density at radius 2 is 2.21 bits per heavy atom. The molecule has 0 aliphatic carbocycles. The second-order valence-electron chi connectivity index (χ2n) is 2.47. The third-order valence-corrected chi connectivity index (χ3v) is 2.06. The maximum Gasteiger partial charge on any atom is 0.339 e. The van der Waals surface area contributed by atoms with E-state index in [9.17, 15) is 14.7 Å². The second-order valence-corrected chi connectivity index (χ2v) is 2.85. The minimum absolute atomic E-state index is 0.0252. The van der Waals surface area contributed by atoms with Crippen molar-refractivity contribution in [3.63, 3.8) is 0 Å². The van der Waals surface area contributed by atoms with Gasteiger partial charge in [0.05, 0.1) is 23.3 Å². The van der Waals surface area contributed by atoms with Crippen molar-refractivity contribution in [2.24, 2.45) is 0 Å². The summed E-state index contributed by atoms with van der Waals surface area (Å²) in [6.07, 6.45) is 0.447. The van der Waals surface area contributed by atoms with Crippen molar-refractivity contribution in [1.82, 2.24) is 0 Å². The molecule has 0 unspecified atom stereocenters. The monoisotopic (exact) mass is 214 g/mol. The van der Waals surface area contributed by atoms with E-state index in [4.69, 9.17) is 11.6 Å². The molecule has 0 bridgehead atoms. The van der Waals surface area contributed by atoms with Gasteiger partial charge in [0.2, 0.25) is 0 Å². The van der Waals surface area contributed by atoms with Gasteiger partial charge < -0.3 is 9.84 Å². The van der Waals surface area contributed by atoms with Crippen LogP contribution in [-0.2, 0) is 4.74 Å². The van der Waals surface area contributed by atoms with Crippen molar-refractivity contribution in [3.05, 3.63) is 28.3 Å². The van der Waals surface area contributed by atoms with Crippen LogP contribution in [0.2, 0.25) is 5.02 Å². The fourth-order valence-corrected chi connectivity index (χ4v) is 1.19. The molecule has 0 saturated heterocycles. The first-order chi connectivity index (χ1) is 6.61. The fraction of sp³-hybridized carbons (Fsp3) is 0.111. The molecule has 0 saturated carbocycles. The van der Waals surface area contributed by atoms with Crippen LogP contribution in [0.25, 0.3) is 0 Å². The first-order valence-corrected chi connectivity index (χ1v) is 4.04. The zero-order valence-corrected chi connectivity index (χ0v) is 8.04. The highest BCUT2D eigenvalue weighted by Crippen LogP contribution is 2.30. The molecule has 0 fully saturated rings. The summed E-state index contributed by atoms with van der Waals surface area (Å²) in [7, 11) is 1.20. The van der Waals surface area contributed by atoms with Gasteiger partial charge in [-0.15, -0.1) is 0 Å². The quantitative estimate of drug-likeness (QED) is 0.601. The van der Waals surface area contributed by atoms with E-state index in [1.807, 2.05) is 0 Å². The molecule has 0 aromatic heterocycles. The summed E-state index contributed by atoms with van der Waals surface area (Å²) < 4.78 is 4.42. The van der Waals surface area contributed by atoms with Gasteiger partial charge in [0.25, 0.3) is 0 Å². The number of carbonyl (C=O) groups excluding carboxylic acids is 2. The molecule has 0 aliphatic rings. The smallest absolute Gasteiger partial charge is 0.339 e. The van der Waals surface area contributed by atoms with Crippen LogP contribution in [0.3, 0.4) is 0 Å². The van der Waals surface area contributed by atoms with Crippen molar-refractivity contribution in [3.8, 4) is 5.75 Å². The van der Waals surface area contributed by atoms with E-state index in [-0.39, 0.29) is 16.1 Å². The molecule has 1 aromatic carbocycles. The Bertz CT molecular complexity index is 387. The topological polar surface area (TPSA) is 63.6 Å². The van der Waals surface area contributed by atoms with Crippen LogP contribution in [0.5, 0.6) is 5.75 Å². The number of hydrogen-bond donors (Lipinski definition) is 1. The van der Waals surface area contributed by atoms with Crippen LogP contribution in [0, 0.1) is 0 Å². The van der Waals surface area contributed by atoms with E-state index in [0.29, 0.717) is 6.29 Å². The molecule has 4 nitrogen and oxygen atoms in total. The molecular weight excluding hydrogens is 208 g/mol. The number of phenols is 1. The lowest BCUT2D eigenvalue weighted by Gasteiger charge is -2.05. The Labute approximate surface area is 85.1 Å². The molecule has 0 spiro atoms. The van der Waals surface area contributed by atoms with Crippen molar-refractivity contribution < 1.29 is 19.4 Å². The number of phenolic OH excluding ortho intramolecular Hbond substituents is 1. The number of carbonyl (C=O) groups is 2. The number of aromatic hydroxyl groups is 1. The molecule has 1 rings (SSSR count). The average Bonchev–Trinajstić information content (AvgIpc) is 2.21. The molecule has 74 valence electrons. The van der Waals surface area contributed by atoms with Crippen molar-refractivity contribution >= 4 is 23.9 Å². The summed E-state index contributed by atoms with van der Waals surface area (Å²) >= 11 is 5.64. The molecule has 0 radical (unpaired) electrons. The molecule has 0 amide bonds. The number of hydrogen-bond acceptors (Lipinski definition) is 4. The van der Waals surface area contributed by atoms with Crippen molar-refractivity contribution in [2.75, 3.05) is 7.11 Å². The van der Waals surface area contributed by atoms with E-state index >= 15 is 0 Å². The van der Waals surface area contributed by atoms with Crippen LogP contribution < -0.4 is 0 Å². The number of ether oxygens (including phenoxy) is 1. The summed E-state index contributed by atoms with van der Waals surface area (Å²) in [4.78, 5) is 21.5. The van der Waals surface area contributed by atoms with E-state index < -0.39 is 11.7 Å². The predicted molar refractivity (Wildman–Crippen MR) is 49.8 cm³/mol. The van der Waals surface area contributed by atoms with E-state index in [0.717, 1.165) is 0 Å². The maximum absolute atomic E-state index is 11.1. The van der Waals surface area contributed by atoms with E-state index in [1.54, 1.807) is 0 Å². The van der Waals surface area contributed by atoms with Gasteiger partial charge in [-0.3, -0.25) is 4.79 Å². The molecule has 0 heterocycles. The predicted octanol–water partition coefficient (Wildman–Crippen LogP) is 1.64. The summed E-state index contributed by atoms with van der Waals surface area (Å²) in [5.74, 6) is -1.08. The van der Waals surface area contributed by atoms with Gasteiger partial charge in [-0.2, -0.15) is 0 Å². The Morgan fingerprint density at radius 3 is 2.71 bits per heavy atom. The number of esters is 1. The largest absolute Gasteiger partial charge is 0.506 e. The fourth-order valence-electron chi connectivity index (χ4n) is 0.942. The zero-order valence-electron chi connectivity index (χ0n) is 7.28. The van der Waals surface area contributed by atoms with Crippen LogP contribution in [0.1, 0.15) is 20.7 Å². The van der Waals surface area contributed by atoms with Crippen LogP contribution in [0.15, 0.2) is 12.1 Å². The van der Waals surface area contributed by atoms with E-state index in [1.165, 1.54) is 19.2 Å². The summed E-state index contributed by atoms with van der Waals surface area (Å²) in [6, 6.07) is 2.61. The van der Waals surface area contributed by atoms with Crippen molar-refractivity contribution in [1.29, 1.82) is 0 Å². The first kappa shape index (κ1) is 10.5.